The van der Waals surface area contributed by atoms with E-state index in [2.05, 4.69) is 65.3 Å². The second kappa shape index (κ2) is 8.82. The molecule has 2 N–H and O–H groups in total. The number of amides is 2. The predicted molar refractivity (Wildman–Crippen MR) is 107 cm³/mol. The molecule has 0 fully saturated rings. The van der Waals surface area contributed by atoms with Gasteiger partial charge in [0.2, 0.25) is 0 Å². The van der Waals surface area contributed by atoms with Gasteiger partial charge in [-0.15, -0.1) is 0 Å². The van der Waals surface area contributed by atoms with Crippen LogP contribution in [0.5, 0.6) is 5.75 Å². The molecular weight excluding hydrogens is 555 g/mol. The lowest BCUT2D eigenvalue weighted by molar-refractivity contribution is -0.123. The molecule has 2 amide bonds. The van der Waals surface area contributed by atoms with Crippen molar-refractivity contribution in [2.75, 3.05) is 6.61 Å². The number of nitrogens with one attached hydrogen (secondary N) is 2. The molecule has 2 aromatic carbocycles. The summed E-state index contributed by atoms with van der Waals surface area (Å²) < 4.78 is 8.10. The van der Waals surface area contributed by atoms with E-state index in [1.807, 2.05) is 25.1 Å². The minimum Gasteiger partial charge on any atom is -0.482 e. The molecule has 0 spiro atoms. The van der Waals surface area contributed by atoms with E-state index in [4.69, 9.17) is 4.74 Å². The maximum absolute atomic E-state index is 11.9. The lowest BCUT2D eigenvalue weighted by Gasteiger charge is -2.12. The summed E-state index contributed by atoms with van der Waals surface area (Å²) in [7, 11) is 0. The molecule has 0 bridgehead atoms. The molecule has 24 heavy (non-hydrogen) atoms. The van der Waals surface area contributed by atoms with Gasteiger partial charge in [0.25, 0.3) is 11.8 Å². The smallest absolute Gasteiger partial charge is 0.276 e. The fraction of sp³-hybridized carbons (Fsp3) is 0.125. The Kier molecular flexibility index (Phi) is 7.05. The summed E-state index contributed by atoms with van der Waals surface area (Å²) in [5.74, 6) is -0.261. The standard InChI is InChI=1S/C16H13Br2IN2O3/c1-9-5-11(17)7-13(18)15(9)24-8-14(22)20-21-16(23)10-3-2-4-12(19)6-10/h2-7H,8H2,1H3,(H,20,22)(H,21,23). The molecule has 0 saturated carbocycles. The fourth-order valence-corrected chi connectivity index (χ4v) is 3.97. The zero-order valence-corrected chi connectivity index (χ0v) is 17.9. The molecule has 0 unspecified atom stereocenters. The van der Waals surface area contributed by atoms with Gasteiger partial charge in [0.15, 0.2) is 6.61 Å². The van der Waals surface area contributed by atoms with Crippen molar-refractivity contribution >= 4 is 66.3 Å². The average Bonchev–Trinajstić information content (AvgIpc) is 2.51. The average molecular weight is 568 g/mol. The van der Waals surface area contributed by atoms with Gasteiger partial charge in [-0.25, -0.2) is 0 Å². The first-order chi connectivity index (χ1) is 11.4. The molecule has 0 aliphatic carbocycles. The van der Waals surface area contributed by atoms with Crippen molar-refractivity contribution in [2.45, 2.75) is 6.92 Å². The van der Waals surface area contributed by atoms with Crippen LogP contribution in [0.1, 0.15) is 15.9 Å². The Bertz CT molecular complexity index is 761. The molecule has 5 nitrogen and oxygen atoms in total. The number of hydrogen-bond donors (Lipinski definition) is 2. The number of hydrogen-bond acceptors (Lipinski definition) is 3. The Hall–Kier alpha value is -1.13. The number of halogens is 3. The van der Waals surface area contributed by atoms with E-state index in [0.717, 1.165) is 18.1 Å². The number of carbonyl (C=O) groups is 2. The lowest BCUT2D eigenvalue weighted by atomic mass is 10.2. The summed E-state index contributed by atoms with van der Waals surface area (Å²) in [5.41, 5.74) is 6.04. The van der Waals surface area contributed by atoms with Gasteiger partial charge in [0.1, 0.15) is 5.75 Å². The van der Waals surface area contributed by atoms with Crippen molar-refractivity contribution in [3.63, 3.8) is 0 Å². The first-order valence-corrected chi connectivity index (χ1v) is 9.46. The molecule has 0 atom stereocenters. The summed E-state index contributed by atoms with van der Waals surface area (Å²) in [4.78, 5) is 23.8. The van der Waals surface area contributed by atoms with Gasteiger partial charge in [-0.3, -0.25) is 20.4 Å². The van der Waals surface area contributed by atoms with Gasteiger partial charge in [0.05, 0.1) is 4.47 Å². The van der Waals surface area contributed by atoms with E-state index in [-0.39, 0.29) is 12.5 Å². The number of benzene rings is 2. The molecule has 0 radical (unpaired) electrons. The van der Waals surface area contributed by atoms with Crippen LogP contribution in [0.15, 0.2) is 45.3 Å². The molecule has 126 valence electrons. The van der Waals surface area contributed by atoms with Crippen LogP contribution >= 0.6 is 54.5 Å². The van der Waals surface area contributed by atoms with Gasteiger partial charge in [-0.05, 0) is 81.3 Å². The van der Waals surface area contributed by atoms with E-state index in [1.165, 1.54) is 0 Å². The van der Waals surface area contributed by atoms with Crippen LogP contribution in [0.25, 0.3) is 0 Å². The van der Waals surface area contributed by atoms with E-state index in [0.29, 0.717) is 11.3 Å². The molecular formula is C16H13Br2IN2O3. The summed E-state index contributed by atoms with van der Waals surface area (Å²) in [5, 5.41) is 0. The number of ether oxygens (including phenoxy) is 1. The van der Waals surface area contributed by atoms with Crippen molar-refractivity contribution in [3.8, 4) is 5.75 Å². The quantitative estimate of drug-likeness (QED) is 0.434. The highest BCUT2D eigenvalue weighted by molar-refractivity contribution is 14.1. The summed E-state index contributed by atoms with van der Waals surface area (Å²) in [6.45, 7) is 1.66. The Morgan fingerprint density at radius 2 is 1.92 bits per heavy atom. The fourth-order valence-electron chi connectivity index (χ4n) is 1.87. The number of aryl methyl sites for hydroxylation is 1. The number of rotatable bonds is 4. The van der Waals surface area contributed by atoms with Crippen molar-refractivity contribution < 1.29 is 14.3 Å². The number of carbonyl (C=O) groups excluding carboxylic acids is 2. The lowest BCUT2D eigenvalue weighted by Crippen LogP contribution is -2.43. The largest absolute Gasteiger partial charge is 0.482 e. The molecule has 0 heterocycles. The minimum absolute atomic E-state index is 0.215. The zero-order chi connectivity index (χ0) is 17.7. The van der Waals surface area contributed by atoms with Crippen LogP contribution in [-0.2, 0) is 4.79 Å². The summed E-state index contributed by atoms with van der Waals surface area (Å²) in [6.07, 6.45) is 0. The van der Waals surface area contributed by atoms with Crippen molar-refractivity contribution in [2.24, 2.45) is 0 Å². The van der Waals surface area contributed by atoms with Crippen LogP contribution in [0.2, 0.25) is 0 Å². The van der Waals surface area contributed by atoms with E-state index in [1.54, 1.807) is 18.2 Å². The van der Waals surface area contributed by atoms with Crippen LogP contribution in [-0.4, -0.2) is 18.4 Å². The maximum Gasteiger partial charge on any atom is 0.276 e. The van der Waals surface area contributed by atoms with Crippen molar-refractivity contribution in [1.29, 1.82) is 0 Å². The highest BCUT2D eigenvalue weighted by atomic mass is 127. The zero-order valence-electron chi connectivity index (χ0n) is 12.5. The van der Waals surface area contributed by atoms with Crippen LogP contribution < -0.4 is 15.6 Å². The second-order valence-electron chi connectivity index (χ2n) is 4.83. The SMILES string of the molecule is Cc1cc(Br)cc(Br)c1OCC(=O)NNC(=O)c1cccc(I)c1. The Labute approximate surface area is 169 Å². The van der Waals surface area contributed by atoms with Crippen molar-refractivity contribution in [1.82, 2.24) is 10.9 Å². The van der Waals surface area contributed by atoms with Crippen LogP contribution in [0, 0.1) is 10.5 Å². The first-order valence-electron chi connectivity index (χ1n) is 6.80. The van der Waals surface area contributed by atoms with Crippen LogP contribution in [0.3, 0.4) is 0 Å². The molecule has 2 rings (SSSR count). The molecule has 8 heteroatoms. The van der Waals surface area contributed by atoms with E-state index in [9.17, 15) is 9.59 Å². The van der Waals surface area contributed by atoms with Gasteiger partial charge in [-0.2, -0.15) is 0 Å². The van der Waals surface area contributed by atoms with Gasteiger partial charge >= 0.3 is 0 Å². The van der Waals surface area contributed by atoms with Crippen LogP contribution in [0.4, 0.5) is 0 Å². The topological polar surface area (TPSA) is 67.4 Å². The predicted octanol–water partition coefficient (Wildman–Crippen LogP) is 3.96. The highest BCUT2D eigenvalue weighted by Crippen LogP contribution is 2.32. The van der Waals surface area contributed by atoms with Crippen molar-refractivity contribution in [3.05, 3.63) is 60.0 Å². The molecule has 0 aliphatic rings. The molecule has 0 aliphatic heterocycles. The molecule has 0 aromatic heterocycles. The molecule has 2 aromatic rings. The third kappa shape index (κ3) is 5.45. The monoisotopic (exact) mass is 566 g/mol. The Balaban J connectivity index is 1.87. The Morgan fingerprint density at radius 1 is 1.17 bits per heavy atom. The van der Waals surface area contributed by atoms with E-state index < -0.39 is 5.91 Å². The molecule has 0 saturated heterocycles. The van der Waals surface area contributed by atoms with Gasteiger partial charge in [0, 0.05) is 13.6 Å². The maximum atomic E-state index is 11.9. The Morgan fingerprint density at radius 3 is 2.58 bits per heavy atom. The first kappa shape index (κ1) is 19.2. The highest BCUT2D eigenvalue weighted by Gasteiger charge is 2.11. The second-order valence-corrected chi connectivity index (χ2v) is 7.85. The minimum atomic E-state index is -0.455. The third-order valence-electron chi connectivity index (χ3n) is 2.94. The van der Waals surface area contributed by atoms with E-state index >= 15 is 0 Å². The number of hydrazine groups is 1. The summed E-state index contributed by atoms with van der Waals surface area (Å²) in [6, 6.07) is 10.8. The third-order valence-corrected chi connectivity index (χ3v) is 4.66. The van der Waals surface area contributed by atoms with Gasteiger partial charge < -0.3 is 4.74 Å². The normalized spacial score (nSPS) is 10.2. The van der Waals surface area contributed by atoms with Gasteiger partial charge in [-0.1, -0.05) is 22.0 Å². The summed E-state index contributed by atoms with van der Waals surface area (Å²) >= 11 is 8.89.